The number of aryl methyl sites for hydroxylation is 1. The van der Waals surface area contributed by atoms with Gasteiger partial charge in [0.15, 0.2) is 0 Å². The van der Waals surface area contributed by atoms with E-state index in [0.717, 1.165) is 12.1 Å². The van der Waals surface area contributed by atoms with E-state index in [1.165, 1.54) is 4.90 Å². The molecule has 0 saturated heterocycles. The van der Waals surface area contributed by atoms with Crippen LogP contribution in [0.1, 0.15) is 18.5 Å². The van der Waals surface area contributed by atoms with Gasteiger partial charge in [-0.1, -0.05) is 18.2 Å². The number of rotatable bonds is 1. The first-order chi connectivity index (χ1) is 8.68. The second kappa shape index (κ2) is 3.91. The predicted octanol–water partition coefficient (Wildman–Crippen LogP) is 1.91. The Labute approximate surface area is 105 Å². The molecule has 0 fully saturated rings. The molecule has 0 spiro atoms. The first kappa shape index (κ1) is 10.9. The smallest absolute Gasteiger partial charge is 0.267 e. The molecule has 90 valence electrons. The van der Waals surface area contributed by atoms with Crippen molar-refractivity contribution in [2.24, 2.45) is 0 Å². The van der Waals surface area contributed by atoms with Crippen LogP contribution in [0.3, 0.4) is 0 Å². The van der Waals surface area contributed by atoms with Crippen molar-refractivity contribution in [3.8, 4) is 0 Å². The largest absolute Gasteiger partial charge is 0.268 e. The van der Waals surface area contributed by atoms with Crippen molar-refractivity contribution < 1.29 is 9.59 Å². The molecule has 1 aromatic heterocycles. The van der Waals surface area contributed by atoms with Gasteiger partial charge in [-0.3, -0.25) is 9.59 Å². The Morgan fingerprint density at radius 2 is 2.06 bits per heavy atom. The number of carbonyl (C=O) groups excluding carboxylic acids is 2. The molecule has 18 heavy (non-hydrogen) atoms. The van der Waals surface area contributed by atoms with Crippen LogP contribution in [0.4, 0.5) is 5.82 Å². The van der Waals surface area contributed by atoms with E-state index in [2.05, 4.69) is 4.98 Å². The summed E-state index contributed by atoms with van der Waals surface area (Å²) >= 11 is 0. The van der Waals surface area contributed by atoms with Crippen molar-refractivity contribution in [3.05, 3.63) is 47.2 Å². The Morgan fingerprint density at radius 1 is 1.22 bits per heavy atom. The summed E-state index contributed by atoms with van der Waals surface area (Å²) in [6.45, 7) is 1.84. The van der Waals surface area contributed by atoms with Crippen molar-refractivity contribution >= 4 is 17.6 Å². The number of aromatic nitrogens is 1. The highest BCUT2D eigenvalue weighted by molar-refractivity contribution is 6.33. The van der Waals surface area contributed by atoms with Gasteiger partial charge in [-0.15, -0.1) is 0 Å². The molecule has 0 bridgehead atoms. The number of anilines is 1. The zero-order chi connectivity index (χ0) is 12.7. The normalized spacial score (nSPS) is 18.6. The lowest BCUT2D eigenvalue weighted by atomic mass is 10.00. The Bertz CT molecular complexity index is 614. The lowest BCUT2D eigenvalue weighted by molar-refractivity contribution is -0.120. The topological polar surface area (TPSA) is 50.3 Å². The van der Waals surface area contributed by atoms with Crippen LogP contribution in [0.15, 0.2) is 41.5 Å². The van der Waals surface area contributed by atoms with Crippen molar-refractivity contribution in [1.29, 1.82) is 0 Å². The molecule has 4 heteroatoms. The van der Waals surface area contributed by atoms with Crippen LogP contribution in [0.5, 0.6) is 0 Å². The second-order valence-electron chi connectivity index (χ2n) is 4.42. The van der Waals surface area contributed by atoms with Gasteiger partial charge < -0.3 is 0 Å². The molecule has 0 atom stereocenters. The molecule has 0 unspecified atom stereocenters. The molecule has 4 nitrogen and oxygen atoms in total. The highest BCUT2D eigenvalue weighted by atomic mass is 16.2. The van der Waals surface area contributed by atoms with Crippen LogP contribution in [0.2, 0.25) is 0 Å². The van der Waals surface area contributed by atoms with E-state index in [4.69, 9.17) is 0 Å². The zero-order valence-corrected chi connectivity index (χ0v) is 10.0. The number of pyridine rings is 1. The Kier molecular flexibility index (Phi) is 2.37. The lowest BCUT2D eigenvalue weighted by Crippen LogP contribution is -2.32. The number of allylic oxidation sites excluding steroid dienone is 1. The van der Waals surface area contributed by atoms with Crippen LogP contribution in [0.25, 0.3) is 0 Å². The van der Waals surface area contributed by atoms with Crippen LogP contribution >= 0.6 is 0 Å². The standard InChI is InChI=1S/C14H12N2O2/c1-9-5-4-8-12(15-9)16-13(17)10-6-2-3-7-11(10)14(16)18/h2,4-6,8H,3,7H2,1H3. The average Bonchev–Trinajstić information content (AvgIpc) is 2.63. The number of amides is 2. The molecular formula is C14H12N2O2. The summed E-state index contributed by atoms with van der Waals surface area (Å²) in [6, 6.07) is 5.32. The third-order valence-corrected chi connectivity index (χ3v) is 3.17. The minimum absolute atomic E-state index is 0.225. The molecule has 1 aliphatic heterocycles. The van der Waals surface area contributed by atoms with Crippen LogP contribution in [0, 0.1) is 6.92 Å². The van der Waals surface area contributed by atoms with E-state index < -0.39 is 0 Å². The summed E-state index contributed by atoms with van der Waals surface area (Å²) in [4.78, 5) is 29.9. The Hall–Kier alpha value is -2.23. The zero-order valence-electron chi connectivity index (χ0n) is 10.0. The highest BCUT2D eigenvalue weighted by Gasteiger charge is 2.38. The minimum Gasteiger partial charge on any atom is -0.268 e. The maximum absolute atomic E-state index is 12.2. The molecule has 2 heterocycles. The molecule has 0 saturated carbocycles. The first-order valence-electron chi connectivity index (χ1n) is 5.90. The fourth-order valence-electron chi connectivity index (χ4n) is 2.30. The molecule has 0 N–H and O–H groups in total. The number of hydrogen-bond donors (Lipinski definition) is 0. The van der Waals surface area contributed by atoms with Crippen LogP contribution in [-0.4, -0.2) is 16.8 Å². The van der Waals surface area contributed by atoms with E-state index in [1.54, 1.807) is 18.2 Å². The van der Waals surface area contributed by atoms with Gasteiger partial charge in [0.25, 0.3) is 11.8 Å². The Morgan fingerprint density at radius 3 is 2.78 bits per heavy atom. The SMILES string of the molecule is Cc1cccc(N2C(=O)C3=C(CCC=C3)C2=O)n1. The summed E-state index contributed by atoms with van der Waals surface area (Å²) in [5.74, 6) is -0.0747. The van der Waals surface area contributed by atoms with Crippen molar-refractivity contribution in [1.82, 2.24) is 4.98 Å². The predicted molar refractivity (Wildman–Crippen MR) is 66.9 cm³/mol. The van der Waals surface area contributed by atoms with E-state index in [9.17, 15) is 9.59 Å². The van der Waals surface area contributed by atoms with E-state index in [0.29, 0.717) is 23.4 Å². The van der Waals surface area contributed by atoms with Crippen LogP contribution < -0.4 is 4.90 Å². The number of carbonyl (C=O) groups is 2. The number of hydrogen-bond acceptors (Lipinski definition) is 3. The number of nitrogens with zero attached hydrogens (tertiary/aromatic N) is 2. The fraction of sp³-hybridized carbons (Fsp3) is 0.214. The molecule has 3 rings (SSSR count). The van der Waals surface area contributed by atoms with E-state index in [1.807, 2.05) is 19.1 Å². The van der Waals surface area contributed by atoms with Gasteiger partial charge in [-0.05, 0) is 31.9 Å². The van der Waals surface area contributed by atoms with Gasteiger partial charge in [0.05, 0.1) is 0 Å². The third kappa shape index (κ3) is 1.49. The lowest BCUT2D eigenvalue weighted by Gasteiger charge is -2.13. The first-order valence-corrected chi connectivity index (χ1v) is 5.90. The monoisotopic (exact) mass is 240 g/mol. The molecule has 1 aromatic rings. The Balaban J connectivity index is 2.04. The molecule has 0 aromatic carbocycles. The molecule has 0 radical (unpaired) electrons. The van der Waals surface area contributed by atoms with Crippen LogP contribution in [-0.2, 0) is 9.59 Å². The number of imide groups is 1. The summed E-state index contributed by atoms with van der Waals surface area (Å²) < 4.78 is 0. The molecule has 2 amide bonds. The van der Waals surface area contributed by atoms with Gasteiger partial charge in [-0.2, -0.15) is 0 Å². The van der Waals surface area contributed by atoms with Crippen molar-refractivity contribution in [2.45, 2.75) is 19.8 Å². The van der Waals surface area contributed by atoms with E-state index in [-0.39, 0.29) is 11.8 Å². The fourth-order valence-corrected chi connectivity index (χ4v) is 2.30. The summed E-state index contributed by atoms with van der Waals surface area (Å²) in [5, 5.41) is 0. The minimum atomic E-state index is -0.260. The van der Waals surface area contributed by atoms with E-state index >= 15 is 0 Å². The van der Waals surface area contributed by atoms with Crippen molar-refractivity contribution in [2.75, 3.05) is 4.90 Å². The summed E-state index contributed by atoms with van der Waals surface area (Å²) in [6.07, 6.45) is 5.12. The summed E-state index contributed by atoms with van der Waals surface area (Å²) in [5.41, 5.74) is 1.92. The third-order valence-electron chi connectivity index (χ3n) is 3.17. The summed E-state index contributed by atoms with van der Waals surface area (Å²) in [7, 11) is 0. The maximum Gasteiger partial charge on any atom is 0.267 e. The molecule has 2 aliphatic rings. The van der Waals surface area contributed by atoms with Gasteiger partial charge in [-0.25, -0.2) is 9.88 Å². The second-order valence-corrected chi connectivity index (χ2v) is 4.42. The molecular weight excluding hydrogens is 228 g/mol. The molecule has 1 aliphatic carbocycles. The van der Waals surface area contributed by atoms with Gasteiger partial charge in [0.1, 0.15) is 5.82 Å². The quantitative estimate of drug-likeness (QED) is 0.704. The highest BCUT2D eigenvalue weighted by Crippen LogP contribution is 2.31. The van der Waals surface area contributed by atoms with Gasteiger partial charge in [0.2, 0.25) is 0 Å². The van der Waals surface area contributed by atoms with Gasteiger partial charge in [0, 0.05) is 16.8 Å². The maximum atomic E-state index is 12.2. The average molecular weight is 240 g/mol. The van der Waals surface area contributed by atoms with Crippen molar-refractivity contribution in [3.63, 3.8) is 0 Å². The van der Waals surface area contributed by atoms with Gasteiger partial charge >= 0.3 is 0 Å².